The predicted octanol–water partition coefficient (Wildman–Crippen LogP) is 2.00. The summed E-state index contributed by atoms with van der Waals surface area (Å²) >= 11 is 0. The van der Waals surface area contributed by atoms with E-state index in [1.807, 2.05) is 0 Å². The lowest BCUT2D eigenvalue weighted by atomic mass is 9.87. The SMILES string of the molecule is COC(=O)CCNC(=O)[C@@H]1O[P+](O)(OC(C)OC(=O)c2ccccc2)OCC1(C)C. The Hall–Kier alpha value is -2.10. The summed E-state index contributed by atoms with van der Waals surface area (Å²) in [5.41, 5.74) is -0.470. The monoisotopic (exact) mass is 444 g/mol. The second-order valence-electron chi connectivity index (χ2n) is 7.28. The van der Waals surface area contributed by atoms with E-state index in [1.54, 1.807) is 44.2 Å². The molecule has 2 N–H and O–H groups in total. The van der Waals surface area contributed by atoms with E-state index >= 15 is 0 Å². The average Bonchev–Trinajstić information content (AvgIpc) is 2.70. The topological polar surface area (TPSA) is 130 Å². The third-order valence-electron chi connectivity index (χ3n) is 4.21. The van der Waals surface area contributed by atoms with Crippen LogP contribution in [0, 0.1) is 5.41 Å². The van der Waals surface area contributed by atoms with Crippen molar-refractivity contribution in [3.05, 3.63) is 35.9 Å². The standard InChI is InChI=1S/C19H26NO9P/c1-13(27-18(23)14-8-6-5-7-9-14)28-30(24)26-12-19(2,3)16(29-30)17(22)20-11-10-15(21)25-4/h5-9,13,16,24H,10-12H2,1-4H3/p+1/t13?,16-,30?/m0/s1. The van der Waals surface area contributed by atoms with Crippen molar-refractivity contribution in [3.63, 3.8) is 0 Å². The first-order valence-corrected chi connectivity index (χ1v) is 10.8. The molecule has 1 aromatic rings. The molecule has 2 unspecified atom stereocenters. The van der Waals surface area contributed by atoms with Crippen molar-refractivity contribution in [3.8, 4) is 0 Å². The summed E-state index contributed by atoms with van der Waals surface area (Å²) in [5, 5.41) is 2.56. The third kappa shape index (κ3) is 6.72. The molecule has 1 aromatic carbocycles. The van der Waals surface area contributed by atoms with Crippen LogP contribution in [0.3, 0.4) is 0 Å². The molecule has 0 bridgehead atoms. The molecular formula is C19H27NO9P+. The van der Waals surface area contributed by atoms with Gasteiger partial charge in [-0.2, -0.15) is 9.42 Å². The Balaban J connectivity index is 1.96. The zero-order chi connectivity index (χ0) is 22.4. The zero-order valence-corrected chi connectivity index (χ0v) is 18.2. The first-order chi connectivity index (χ1) is 14.1. The van der Waals surface area contributed by atoms with Gasteiger partial charge in [-0.25, -0.2) is 4.79 Å². The van der Waals surface area contributed by atoms with Gasteiger partial charge in [0.25, 0.3) is 5.91 Å². The minimum atomic E-state index is -3.94. The Labute approximate surface area is 175 Å². The number of nitrogens with one attached hydrogen (secondary N) is 1. The van der Waals surface area contributed by atoms with Gasteiger partial charge in [-0.05, 0) is 12.1 Å². The maximum absolute atomic E-state index is 12.5. The third-order valence-corrected chi connectivity index (χ3v) is 5.70. The second kappa shape index (κ2) is 10.3. The van der Waals surface area contributed by atoms with E-state index in [-0.39, 0.29) is 19.6 Å². The maximum Gasteiger partial charge on any atom is 0.577 e. The van der Waals surface area contributed by atoms with Crippen molar-refractivity contribution in [2.45, 2.75) is 39.6 Å². The van der Waals surface area contributed by atoms with Crippen molar-refractivity contribution in [1.82, 2.24) is 5.32 Å². The Kier molecular flexibility index (Phi) is 8.28. The molecule has 1 aliphatic heterocycles. The van der Waals surface area contributed by atoms with Crippen LogP contribution >= 0.6 is 8.17 Å². The highest BCUT2D eigenvalue weighted by molar-refractivity contribution is 7.55. The van der Waals surface area contributed by atoms with Gasteiger partial charge >= 0.3 is 20.1 Å². The highest BCUT2D eigenvalue weighted by Crippen LogP contribution is 2.64. The number of amides is 1. The summed E-state index contributed by atoms with van der Waals surface area (Å²) < 4.78 is 25.9. The number of ether oxygens (including phenoxy) is 2. The normalized spacial score (nSPS) is 23.8. The Bertz CT molecular complexity index is 758. The fourth-order valence-electron chi connectivity index (χ4n) is 2.57. The summed E-state index contributed by atoms with van der Waals surface area (Å²) in [6.07, 6.45) is -2.31. The molecule has 1 amide bonds. The number of carbonyl (C=O) groups is 3. The van der Waals surface area contributed by atoms with E-state index in [0.717, 1.165) is 0 Å². The van der Waals surface area contributed by atoms with Crippen LogP contribution in [0.4, 0.5) is 0 Å². The van der Waals surface area contributed by atoms with Crippen molar-refractivity contribution >= 4 is 26.0 Å². The Morgan fingerprint density at radius 2 is 1.97 bits per heavy atom. The molecular weight excluding hydrogens is 417 g/mol. The minimum absolute atomic E-state index is 0.00568. The lowest BCUT2D eigenvalue weighted by Crippen LogP contribution is -2.51. The first kappa shape index (κ1) is 24.2. The molecule has 1 fully saturated rings. The molecule has 1 saturated heterocycles. The van der Waals surface area contributed by atoms with Gasteiger partial charge in [0.15, 0.2) is 6.10 Å². The van der Waals surface area contributed by atoms with Crippen LogP contribution in [0.5, 0.6) is 0 Å². The molecule has 3 atom stereocenters. The molecule has 0 saturated carbocycles. The van der Waals surface area contributed by atoms with Gasteiger partial charge < -0.3 is 14.8 Å². The van der Waals surface area contributed by atoms with Gasteiger partial charge in [-0.3, -0.25) is 9.59 Å². The predicted molar refractivity (Wildman–Crippen MR) is 106 cm³/mol. The molecule has 166 valence electrons. The molecule has 0 aliphatic carbocycles. The maximum atomic E-state index is 12.5. The minimum Gasteiger partial charge on any atom is -0.469 e. The lowest BCUT2D eigenvalue weighted by Gasteiger charge is -2.36. The summed E-state index contributed by atoms with van der Waals surface area (Å²) in [5.74, 6) is -1.66. The second-order valence-corrected chi connectivity index (χ2v) is 8.89. The van der Waals surface area contributed by atoms with Crippen molar-refractivity contribution in [2.24, 2.45) is 5.41 Å². The van der Waals surface area contributed by atoms with E-state index < -0.39 is 43.8 Å². The summed E-state index contributed by atoms with van der Waals surface area (Å²) in [4.78, 5) is 46.5. The molecule has 0 aromatic heterocycles. The summed E-state index contributed by atoms with van der Waals surface area (Å²) in [6, 6.07) is 8.27. The summed E-state index contributed by atoms with van der Waals surface area (Å²) in [7, 11) is -2.69. The fraction of sp³-hybridized carbons (Fsp3) is 0.526. The highest BCUT2D eigenvalue weighted by Gasteiger charge is 2.60. The van der Waals surface area contributed by atoms with Gasteiger partial charge in [-0.15, -0.1) is 9.05 Å². The number of hydrogen-bond donors (Lipinski definition) is 2. The van der Waals surface area contributed by atoms with E-state index in [4.69, 9.17) is 18.3 Å². The molecule has 11 heteroatoms. The Morgan fingerprint density at radius 3 is 2.60 bits per heavy atom. The average molecular weight is 444 g/mol. The van der Waals surface area contributed by atoms with Crippen molar-refractivity contribution in [2.75, 3.05) is 20.3 Å². The highest BCUT2D eigenvalue weighted by atomic mass is 31.2. The Morgan fingerprint density at radius 1 is 1.30 bits per heavy atom. The van der Waals surface area contributed by atoms with Gasteiger partial charge in [0, 0.05) is 18.9 Å². The van der Waals surface area contributed by atoms with Crippen LogP contribution in [0.2, 0.25) is 0 Å². The first-order valence-electron chi connectivity index (χ1n) is 9.30. The van der Waals surface area contributed by atoms with Gasteiger partial charge in [0.2, 0.25) is 6.29 Å². The molecule has 10 nitrogen and oxygen atoms in total. The van der Waals surface area contributed by atoms with Crippen LogP contribution in [-0.4, -0.2) is 55.4 Å². The number of rotatable bonds is 8. The van der Waals surface area contributed by atoms with E-state index in [1.165, 1.54) is 14.0 Å². The molecule has 1 aliphatic rings. The quantitative estimate of drug-likeness (QED) is 0.351. The van der Waals surface area contributed by atoms with Crippen LogP contribution in [0.1, 0.15) is 37.6 Å². The number of benzene rings is 1. The van der Waals surface area contributed by atoms with Crippen LogP contribution in [-0.2, 0) is 32.6 Å². The number of carbonyl (C=O) groups excluding carboxylic acids is 3. The smallest absolute Gasteiger partial charge is 0.469 e. The fourth-order valence-corrected chi connectivity index (χ4v) is 4.31. The van der Waals surface area contributed by atoms with E-state index in [0.29, 0.717) is 5.56 Å². The molecule has 30 heavy (non-hydrogen) atoms. The summed E-state index contributed by atoms with van der Waals surface area (Å²) in [6.45, 7) is 4.85. The number of hydrogen-bond acceptors (Lipinski definition) is 9. The molecule has 1 heterocycles. The van der Waals surface area contributed by atoms with Gasteiger partial charge in [0.05, 0.1) is 19.1 Å². The van der Waals surface area contributed by atoms with E-state index in [9.17, 15) is 19.3 Å². The number of methoxy groups -OCH3 is 1. The largest absolute Gasteiger partial charge is 0.577 e. The van der Waals surface area contributed by atoms with Gasteiger partial charge in [-0.1, -0.05) is 32.0 Å². The molecule has 0 radical (unpaired) electrons. The van der Waals surface area contributed by atoms with Crippen LogP contribution < -0.4 is 5.32 Å². The van der Waals surface area contributed by atoms with Crippen LogP contribution in [0.25, 0.3) is 0 Å². The van der Waals surface area contributed by atoms with E-state index in [2.05, 4.69) is 10.1 Å². The number of esters is 2. The van der Waals surface area contributed by atoms with Crippen molar-refractivity contribution < 1.29 is 42.3 Å². The van der Waals surface area contributed by atoms with Gasteiger partial charge in [0.1, 0.15) is 6.61 Å². The molecule has 2 rings (SSSR count). The zero-order valence-electron chi connectivity index (χ0n) is 17.3. The molecule has 0 spiro atoms. The lowest BCUT2D eigenvalue weighted by molar-refractivity contribution is -0.150. The van der Waals surface area contributed by atoms with Crippen molar-refractivity contribution in [1.29, 1.82) is 0 Å². The van der Waals surface area contributed by atoms with Crippen LogP contribution in [0.15, 0.2) is 30.3 Å².